The maximum absolute atomic E-state index is 13.4. The van der Waals surface area contributed by atoms with Crippen molar-refractivity contribution in [3.05, 3.63) is 30.3 Å². The number of unbranched alkanes of at least 4 members (excludes halogenated alkanes) is 14. The normalized spacial score (nSPS) is 21.4. The van der Waals surface area contributed by atoms with Gasteiger partial charge in [-0.3, -0.25) is 9.59 Å². The molecule has 0 saturated carbocycles. The predicted octanol–water partition coefficient (Wildman–Crippen LogP) is 6.18. The second-order valence-corrected chi connectivity index (χ2v) is 12.7. The van der Waals surface area contributed by atoms with Gasteiger partial charge in [-0.1, -0.05) is 115 Å². The summed E-state index contributed by atoms with van der Waals surface area (Å²) in [6.45, 7) is 4.91. The Morgan fingerprint density at radius 1 is 0.822 bits per heavy atom. The van der Waals surface area contributed by atoms with Gasteiger partial charge in [0.15, 0.2) is 6.29 Å². The van der Waals surface area contributed by atoms with Crippen molar-refractivity contribution >= 4 is 17.5 Å². The third kappa shape index (κ3) is 16.3. The van der Waals surface area contributed by atoms with Crippen molar-refractivity contribution in [2.75, 3.05) is 32.1 Å². The summed E-state index contributed by atoms with van der Waals surface area (Å²) >= 11 is 0. The lowest BCUT2D eigenvalue weighted by molar-refractivity contribution is -0.258. The largest absolute Gasteiger partial charge is 0.388 e. The number of carbonyl (C=O) groups excluding carboxylic acids is 2. The van der Waals surface area contributed by atoms with Gasteiger partial charge in [0.2, 0.25) is 11.8 Å². The molecule has 5 atom stereocenters. The van der Waals surface area contributed by atoms with Gasteiger partial charge in [-0.15, -0.1) is 0 Å². The summed E-state index contributed by atoms with van der Waals surface area (Å²) in [5, 5.41) is 27.6. The Hall–Kier alpha value is -2.20. The van der Waals surface area contributed by atoms with Crippen molar-refractivity contribution in [2.24, 2.45) is 0 Å². The Bertz CT molecular complexity index is 902. The van der Waals surface area contributed by atoms with Crippen molar-refractivity contribution in [1.29, 1.82) is 0 Å². The van der Waals surface area contributed by atoms with Crippen molar-refractivity contribution in [1.82, 2.24) is 10.2 Å². The standard InChI is InChI=1S/C36H63N3O6/c1-4-5-6-7-8-9-10-11-12-13-14-15-16-17-21-25-32(41)39(27-22-26-37-30-23-19-18-20-24-30)28-31-34(42)35(43)33(38-29(2)40)36(44-3)45-31/h18-20,23-24,31,33-37,42-43H,4-17,21-22,25-28H2,1-3H3,(H,38,40)/t31-,33+,34-,35-,36+/m1/s1. The lowest BCUT2D eigenvalue weighted by Crippen LogP contribution is -2.65. The van der Waals surface area contributed by atoms with Crippen molar-refractivity contribution in [3.8, 4) is 0 Å². The Kier molecular flexibility index (Phi) is 20.8. The van der Waals surface area contributed by atoms with Crippen molar-refractivity contribution < 1.29 is 29.3 Å². The molecule has 0 radical (unpaired) electrons. The molecular weight excluding hydrogens is 570 g/mol. The molecule has 9 heteroatoms. The number of nitrogens with zero attached hydrogens (tertiary/aromatic N) is 1. The van der Waals surface area contributed by atoms with Crippen LogP contribution in [0.5, 0.6) is 0 Å². The molecule has 1 aliphatic rings. The van der Waals surface area contributed by atoms with E-state index in [1.807, 2.05) is 30.3 Å². The van der Waals surface area contributed by atoms with Crippen LogP contribution >= 0.6 is 0 Å². The number of ether oxygens (including phenoxy) is 2. The summed E-state index contributed by atoms with van der Waals surface area (Å²) in [6, 6.07) is 9.02. The zero-order valence-electron chi connectivity index (χ0n) is 28.4. The molecule has 1 saturated heterocycles. The minimum atomic E-state index is -1.29. The molecule has 2 rings (SSSR count). The van der Waals surface area contributed by atoms with Crippen LogP contribution < -0.4 is 10.6 Å². The van der Waals surface area contributed by atoms with E-state index in [-0.39, 0.29) is 18.4 Å². The fourth-order valence-electron chi connectivity index (χ4n) is 6.07. The van der Waals surface area contributed by atoms with Crippen LogP contribution in [0, 0.1) is 0 Å². The summed E-state index contributed by atoms with van der Waals surface area (Å²) in [5.41, 5.74) is 1.02. The van der Waals surface area contributed by atoms with Gasteiger partial charge < -0.3 is 35.2 Å². The number of carbonyl (C=O) groups is 2. The highest BCUT2D eigenvalue weighted by Crippen LogP contribution is 2.23. The van der Waals surface area contributed by atoms with Gasteiger partial charge in [-0.25, -0.2) is 0 Å². The Morgan fingerprint density at radius 2 is 1.38 bits per heavy atom. The molecule has 1 heterocycles. The number of amides is 2. The molecule has 1 fully saturated rings. The van der Waals surface area contributed by atoms with E-state index >= 15 is 0 Å². The topological polar surface area (TPSA) is 120 Å². The average Bonchev–Trinajstić information content (AvgIpc) is 3.04. The molecule has 0 spiro atoms. The Balaban J connectivity index is 1.75. The average molecular weight is 634 g/mol. The summed E-state index contributed by atoms with van der Waals surface area (Å²) in [4.78, 5) is 26.8. The minimum absolute atomic E-state index is 0.0210. The number of aliphatic hydroxyl groups is 2. The third-order valence-electron chi connectivity index (χ3n) is 8.76. The highest BCUT2D eigenvalue weighted by molar-refractivity contribution is 5.76. The SMILES string of the molecule is CCCCCCCCCCCCCCCCCC(=O)N(CCCNc1ccccc1)C[C@H]1O[C@H](OC)[C@@H](NC(C)=O)[C@@H](O)[C@@H]1O. The van der Waals surface area contributed by atoms with E-state index in [0.717, 1.165) is 24.9 Å². The summed E-state index contributed by atoms with van der Waals surface area (Å²) < 4.78 is 11.3. The molecule has 45 heavy (non-hydrogen) atoms. The number of methoxy groups -OCH3 is 1. The predicted molar refractivity (Wildman–Crippen MR) is 181 cm³/mol. The maximum atomic E-state index is 13.4. The van der Waals surface area contributed by atoms with Crippen LogP contribution in [0.15, 0.2) is 30.3 Å². The first-order valence-corrected chi connectivity index (χ1v) is 17.8. The molecule has 0 bridgehead atoms. The van der Waals surface area contributed by atoms with E-state index in [1.165, 1.54) is 91.1 Å². The monoisotopic (exact) mass is 633 g/mol. The third-order valence-corrected chi connectivity index (χ3v) is 8.76. The highest BCUT2D eigenvalue weighted by atomic mass is 16.7. The van der Waals surface area contributed by atoms with Gasteiger partial charge in [0.25, 0.3) is 0 Å². The number of nitrogens with one attached hydrogen (secondary N) is 2. The molecule has 1 aromatic carbocycles. The van der Waals surface area contributed by atoms with Crippen LogP contribution in [-0.2, 0) is 19.1 Å². The second-order valence-electron chi connectivity index (χ2n) is 12.7. The van der Waals surface area contributed by atoms with E-state index in [1.54, 1.807) is 4.90 Å². The van der Waals surface area contributed by atoms with Crippen molar-refractivity contribution in [2.45, 2.75) is 154 Å². The van der Waals surface area contributed by atoms with Gasteiger partial charge in [0.05, 0.1) is 0 Å². The maximum Gasteiger partial charge on any atom is 0.222 e. The van der Waals surface area contributed by atoms with Crippen LogP contribution in [0.1, 0.15) is 123 Å². The van der Waals surface area contributed by atoms with Crippen LogP contribution in [0.3, 0.4) is 0 Å². The van der Waals surface area contributed by atoms with E-state index in [4.69, 9.17) is 9.47 Å². The molecule has 4 N–H and O–H groups in total. The molecule has 9 nitrogen and oxygen atoms in total. The van der Waals surface area contributed by atoms with Gasteiger partial charge >= 0.3 is 0 Å². The van der Waals surface area contributed by atoms with Crippen LogP contribution in [0.2, 0.25) is 0 Å². The lowest BCUT2D eigenvalue weighted by atomic mass is 9.96. The number of hydrogen-bond donors (Lipinski definition) is 4. The minimum Gasteiger partial charge on any atom is -0.388 e. The van der Waals surface area contributed by atoms with E-state index in [9.17, 15) is 19.8 Å². The van der Waals surface area contributed by atoms with Crippen LogP contribution in [-0.4, -0.2) is 84.3 Å². The van der Waals surface area contributed by atoms with E-state index in [2.05, 4.69) is 17.6 Å². The highest BCUT2D eigenvalue weighted by Gasteiger charge is 2.45. The molecule has 0 aliphatic carbocycles. The number of para-hydroxylation sites is 1. The quantitative estimate of drug-likeness (QED) is 0.0950. The molecular formula is C36H63N3O6. The number of rotatable bonds is 25. The van der Waals surface area contributed by atoms with E-state index < -0.39 is 30.6 Å². The van der Waals surface area contributed by atoms with Crippen LogP contribution in [0.25, 0.3) is 0 Å². The fraction of sp³-hybridized carbons (Fsp3) is 0.778. The first-order chi connectivity index (χ1) is 21.9. The molecule has 258 valence electrons. The first kappa shape index (κ1) is 39.0. The van der Waals surface area contributed by atoms with Gasteiger partial charge in [0, 0.05) is 45.8 Å². The zero-order chi connectivity index (χ0) is 32.7. The van der Waals surface area contributed by atoms with Gasteiger partial charge in [0.1, 0.15) is 24.4 Å². The zero-order valence-corrected chi connectivity index (χ0v) is 28.4. The smallest absolute Gasteiger partial charge is 0.222 e. The summed E-state index contributed by atoms with van der Waals surface area (Å²) in [6.07, 6.45) is 15.9. The van der Waals surface area contributed by atoms with Gasteiger partial charge in [-0.2, -0.15) is 0 Å². The molecule has 1 aromatic rings. The lowest BCUT2D eigenvalue weighted by Gasteiger charge is -2.43. The number of anilines is 1. The van der Waals surface area contributed by atoms with Crippen molar-refractivity contribution in [3.63, 3.8) is 0 Å². The number of benzene rings is 1. The number of hydrogen-bond acceptors (Lipinski definition) is 7. The molecule has 0 unspecified atom stereocenters. The number of aliphatic hydroxyl groups excluding tert-OH is 2. The first-order valence-electron chi connectivity index (χ1n) is 17.8. The molecule has 2 amide bonds. The Morgan fingerprint density at radius 3 is 1.91 bits per heavy atom. The fourth-order valence-corrected chi connectivity index (χ4v) is 6.07. The molecule has 0 aromatic heterocycles. The Labute approximate surface area is 272 Å². The van der Waals surface area contributed by atoms with E-state index in [0.29, 0.717) is 25.9 Å². The summed E-state index contributed by atoms with van der Waals surface area (Å²) in [5.74, 6) is -0.339. The van der Waals surface area contributed by atoms with Crippen LogP contribution in [0.4, 0.5) is 5.69 Å². The molecule has 1 aliphatic heterocycles. The van der Waals surface area contributed by atoms with Gasteiger partial charge in [-0.05, 0) is 25.0 Å². The summed E-state index contributed by atoms with van der Waals surface area (Å²) in [7, 11) is 1.43. The second kappa shape index (κ2) is 24.0.